The van der Waals surface area contributed by atoms with Gasteiger partial charge in [0.1, 0.15) is 0 Å². The first-order chi connectivity index (χ1) is 5.27. The molecule has 0 aliphatic heterocycles. The fraction of sp³-hybridized carbons (Fsp3) is 1.00. The third kappa shape index (κ3) is 14.1. The van der Waals surface area contributed by atoms with E-state index in [4.69, 9.17) is 4.89 Å². The van der Waals surface area contributed by atoms with E-state index >= 15 is 0 Å². The molecule has 2 nitrogen and oxygen atoms in total. The normalized spacial score (nSPS) is 12.2. The molecule has 72 valence electrons. The zero-order valence-electron chi connectivity index (χ0n) is 7.81. The van der Waals surface area contributed by atoms with Crippen molar-refractivity contribution in [2.24, 2.45) is 0 Å². The minimum absolute atomic E-state index is 0. The van der Waals surface area contributed by atoms with E-state index < -0.39 is 8.03 Å². The van der Waals surface area contributed by atoms with Crippen molar-refractivity contribution >= 4 is 8.03 Å². The van der Waals surface area contributed by atoms with Crippen LogP contribution in [-0.2, 0) is 4.57 Å². The summed E-state index contributed by atoms with van der Waals surface area (Å²) >= 11 is 0. The Morgan fingerprint density at radius 1 is 1.08 bits per heavy atom. The molecular formula is C8H19NdO2P. The monoisotopic (exact) mass is 320 g/mol. The van der Waals surface area contributed by atoms with Crippen molar-refractivity contribution in [3.8, 4) is 0 Å². The Labute approximate surface area is 109 Å². The van der Waals surface area contributed by atoms with Crippen molar-refractivity contribution in [1.29, 1.82) is 0 Å². The summed E-state index contributed by atoms with van der Waals surface area (Å²) in [5, 5.41) is 0. The molecule has 0 aliphatic carbocycles. The third-order valence-electron chi connectivity index (χ3n) is 1.74. The molecule has 0 saturated heterocycles. The molecule has 0 aliphatic rings. The van der Waals surface area contributed by atoms with Gasteiger partial charge in [0.25, 0.3) is 0 Å². The molecule has 0 fully saturated rings. The van der Waals surface area contributed by atoms with Crippen molar-refractivity contribution in [3.05, 3.63) is 0 Å². The summed E-state index contributed by atoms with van der Waals surface area (Å²) < 4.78 is 10.3. The molecule has 0 spiro atoms. The molecule has 1 N–H and O–H groups in total. The maximum Gasteiger partial charge on any atom is 0.189 e. The van der Waals surface area contributed by atoms with Crippen molar-refractivity contribution < 1.29 is 50.3 Å². The van der Waals surface area contributed by atoms with Gasteiger partial charge in [-0.1, -0.05) is 39.0 Å². The molecule has 12 heavy (non-hydrogen) atoms. The van der Waals surface area contributed by atoms with Gasteiger partial charge in [-0.25, -0.2) is 0 Å². The van der Waals surface area contributed by atoms with Crippen LogP contribution in [0.1, 0.15) is 45.4 Å². The minimum Gasteiger partial charge on any atom is -0.346 e. The molecule has 1 unspecified atom stereocenters. The van der Waals surface area contributed by atoms with E-state index in [0.29, 0.717) is 6.16 Å². The van der Waals surface area contributed by atoms with E-state index in [1.165, 1.54) is 25.7 Å². The fourth-order valence-corrected chi connectivity index (χ4v) is 1.61. The van der Waals surface area contributed by atoms with Crippen LogP contribution in [-0.4, -0.2) is 11.1 Å². The van der Waals surface area contributed by atoms with Crippen LogP contribution < -0.4 is 0 Å². The zero-order valence-corrected chi connectivity index (χ0v) is 12.0. The first-order valence-electron chi connectivity index (χ1n) is 4.49. The molecule has 0 aromatic carbocycles. The Hall–Kier alpha value is 1.54. The van der Waals surface area contributed by atoms with E-state index in [9.17, 15) is 4.57 Å². The predicted octanol–water partition coefficient (Wildman–Crippen LogP) is 2.81. The van der Waals surface area contributed by atoms with Crippen LogP contribution in [0.15, 0.2) is 0 Å². The topological polar surface area (TPSA) is 37.3 Å². The van der Waals surface area contributed by atoms with Gasteiger partial charge in [0, 0.05) is 47.0 Å². The van der Waals surface area contributed by atoms with Gasteiger partial charge in [0.05, 0.1) is 0 Å². The summed E-state index contributed by atoms with van der Waals surface area (Å²) in [6.07, 6.45) is 7.64. The Morgan fingerprint density at radius 3 is 2.08 bits per heavy atom. The maximum absolute atomic E-state index is 10.3. The Kier molecular flexibility index (Phi) is 16.7. The third-order valence-corrected chi connectivity index (χ3v) is 2.53. The molecule has 0 bridgehead atoms. The van der Waals surface area contributed by atoms with E-state index in [0.717, 1.165) is 12.8 Å². The maximum atomic E-state index is 10.3. The van der Waals surface area contributed by atoms with Crippen molar-refractivity contribution in [3.63, 3.8) is 0 Å². The van der Waals surface area contributed by atoms with E-state index in [1.807, 2.05) is 0 Å². The minimum atomic E-state index is -2.18. The second-order valence-corrected chi connectivity index (χ2v) is 4.20. The average Bonchev–Trinajstić information content (AvgIpc) is 1.96. The van der Waals surface area contributed by atoms with Crippen molar-refractivity contribution in [2.75, 3.05) is 6.16 Å². The summed E-state index contributed by atoms with van der Waals surface area (Å²) in [5.41, 5.74) is 0. The molecule has 0 aromatic heterocycles. The summed E-state index contributed by atoms with van der Waals surface area (Å²) in [6.45, 7) is 2.19. The molecule has 0 radical (unpaired) electrons. The Balaban J connectivity index is 0. The molecule has 0 saturated carbocycles. The first kappa shape index (κ1) is 16.0. The van der Waals surface area contributed by atoms with Crippen LogP contribution >= 0.6 is 8.03 Å². The molecule has 0 amide bonds. The summed E-state index contributed by atoms with van der Waals surface area (Å²) in [5.74, 6) is 0. The summed E-state index contributed by atoms with van der Waals surface area (Å²) in [7, 11) is -2.18. The number of hydrogen-bond donors (Lipinski definition) is 1. The average molecular weight is 322 g/mol. The van der Waals surface area contributed by atoms with Crippen molar-refractivity contribution in [2.45, 2.75) is 45.4 Å². The van der Waals surface area contributed by atoms with Crippen LogP contribution in [0.2, 0.25) is 0 Å². The molecular weight excluding hydrogens is 303 g/mol. The predicted molar refractivity (Wildman–Crippen MR) is 49.5 cm³/mol. The molecule has 0 rings (SSSR count). The summed E-state index contributed by atoms with van der Waals surface area (Å²) in [6, 6.07) is 0. The quantitative estimate of drug-likeness (QED) is 0.578. The van der Waals surface area contributed by atoms with Gasteiger partial charge >= 0.3 is 0 Å². The van der Waals surface area contributed by atoms with Gasteiger partial charge in [0.2, 0.25) is 0 Å². The van der Waals surface area contributed by atoms with Crippen LogP contribution in [0.25, 0.3) is 0 Å². The van der Waals surface area contributed by atoms with Crippen LogP contribution in [0.4, 0.5) is 0 Å². The first-order valence-corrected chi connectivity index (χ1v) is 6.05. The van der Waals surface area contributed by atoms with Gasteiger partial charge in [-0.2, -0.15) is 0 Å². The fourth-order valence-electron chi connectivity index (χ4n) is 1.06. The van der Waals surface area contributed by atoms with E-state index in [2.05, 4.69) is 6.92 Å². The standard InChI is InChI=1S/C8H19O2P.Nd/c1-2-3-4-5-6-7-8-11(9)10;/h11H,2-8H2,1H3,(H,9,10);. The van der Waals surface area contributed by atoms with Crippen LogP contribution in [0.3, 0.4) is 0 Å². The van der Waals surface area contributed by atoms with Crippen LogP contribution in [0.5, 0.6) is 0 Å². The van der Waals surface area contributed by atoms with E-state index in [1.54, 1.807) is 0 Å². The van der Waals surface area contributed by atoms with Gasteiger partial charge in [0.15, 0.2) is 8.03 Å². The van der Waals surface area contributed by atoms with E-state index in [-0.39, 0.29) is 40.8 Å². The molecule has 0 aromatic rings. The Morgan fingerprint density at radius 2 is 1.58 bits per heavy atom. The van der Waals surface area contributed by atoms with Crippen molar-refractivity contribution in [1.82, 2.24) is 0 Å². The van der Waals surface area contributed by atoms with Crippen LogP contribution in [0, 0.1) is 40.8 Å². The Bertz CT molecular complexity index is 109. The second kappa shape index (κ2) is 12.5. The van der Waals surface area contributed by atoms with Gasteiger partial charge in [-0.05, 0) is 6.42 Å². The molecule has 4 heteroatoms. The second-order valence-electron chi connectivity index (χ2n) is 2.91. The summed E-state index contributed by atoms with van der Waals surface area (Å²) in [4.78, 5) is 8.50. The number of rotatable bonds is 7. The smallest absolute Gasteiger partial charge is 0.189 e. The molecule has 1 atom stereocenters. The molecule has 0 heterocycles. The van der Waals surface area contributed by atoms with Gasteiger partial charge < -0.3 is 4.89 Å². The SMILES string of the molecule is CCCCCCCC[PH](=O)O.[Nd]. The number of unbranched alkanes of at least 4 members (excludes halogenated alkanes) is 5. The van der Waals surface area contributed by atoms with Gasteiger partial charge in [-0.15, -0.1) is 0 Å². The van der Waals surface area contributed by atoms with Gasteiger partial charge in [-0.3, -0.25) is 4.57 Å². The number of hydrogen-bond acceptors (Lipinski definition) is 1. The zero-order chi connectivity index (χ0) is 8.53. The largest absolute Gasteiger partial charge is 0.346 e.